The van der Waals surface area contributed by atoms with Crippen LogP contribution in [-0.4, -0.2) is 32.5 Å². The molecule has 1 aromatic heterocycles. The molecule has 22 heavy (non-hydrogen) atoms. The summed E-state index contributed by atoms with van der Waals surface area (Å²) in [4.78, 5) is 10.5. The molecule has 0 unspecified atom stereocenters. The summed E-state index contributed by atoms with van der Waals surface area (Å²) >= 11 is 0. The summed E-state index contributed by atoms with van der Waals surface area (Å²) in [7, 11) is 0.158. The summed E-state index contributed by atoms with van der Waals surface area (Å²) in [6.07, 6.45) is 1.61. The maximum atomic E-state index is 12.3. The first-order chi connectivity index (χ1) is 10.3. The van der Waals surface area contributed by atoms with Crippen LogP contribution in [0.15, 0.2) is 35.4 Å². The molecule has 0 fully saturated rings. The van der Waals surface area contributed by atoms with Crippen LogP contribution in [0.3, 0.4) is 0 Å². The minimum atomic E-state index is -3.57. The Morgan fingerprint density at radius 3 is 2.50 bits per heavy atom. The lowest BCUT2D eigenvalue weighted by Crippen LogP contribution is -2.25. The SMILES string of the molecule is Cc1ccc(S(=O)(=O)NCc2nccc(N(C)C)n2)cc1C. The molecule has 0 amide bonds. The molecule has 0 atom stereocenters. The van der Waals surface area contributed by atoms with Gasteiger partial charge in [0.1, 0.15) is 11.6 Å². The molecule has 0 saturated carbocycles. The first-order valence-corrected chi connectivity index (χ1v) is 8.34. The highest BCUT2D eigenvalue weighted by Crippen LogP contribution is 2.15. The fourth-order valence-corrected chi connectivity index (χ4v) is 2.91. The number of sulfonamides is 1. The van der Waals surface area contributed by atoms with Gasteiger partial charge in [-0.3, -0.25) is 0 Å². The zero-order chi connectivity index (χ0) is 16.3. The molecule has 2 aromatic rings. The van der Waals surface area contributed by atoms with Crippen molar-refractivity contribution in [3.8, 4) is 0 Å². The average molecular weight is 320 g/mol. The molecule has 1 heterocycles. The van der Waals surface area contributed by atoms with Crippen molar-refractivity contribution in [1.29, 1.82) is 0 Å². The molecular weight excluding hydrogens is 300 g/mol. The van der Waals surface area contributed by atoms with Gasteiger partial charge >= 0.3 is 0 Å². The van der Waals surface area contributed by atoms with E-state index in [2.05, 4.69) is 14.7 Å². The van der Waals surface area contributed by atoms with Crippen molar-refractivity contribution in [3.63, 3.8) is 0 Å². The molecule has 0 saturated heterocycles. The third kappa shape index (κ3) is 3.80. The second kappa shape index (κ2) is 6.41. The number of rotatable bonds is 5. The van der Waals surface area contributed by atoms with Crippen LogP contribution in [0, 0.1) is 13.8 Å². The van der Waals surface area contributed by atoms with E-state index in [-0.39, 0.29) is 11.4 Å². The van der Waals surface area contributed by atoms with Crippen molar-refractivity contribution in [2.45, 2.75) is 25.3 Å². The van der Waals surface area contributed by atoms with Crippen LogP contribution in [0.4, 0.5) is 5.82 Å². The van der Waals surface area contributed by atoms with Crippen molar-refractivity contribution in [1.82, 2.24) is 14.7 Å². The first-order valence-electron chi connectivity index (χ1n) is 6.86. The predicted molar refractivity (Wildman–Crippen MR) is 86.3 cm³/mol. The highest BCUT2D eigenvalue weighted by atomic mass is 32.2. The second-order valence-electron chi connectivity index (χ2n) is 5.30. The molecule has 0 bridgehead atoms. The van der Waals surface area contributed by atoms with Gasteiger partial charge in [0.15, 0.2) is 0 Å². The maximum Gasteiger partial charge on any atom is 0.240 e. The molecule has 0 spiro atoms. The Labute approximate surface area is 131 Å². The molecule has 0 aliphatic heterocycles. The quantitative estimate of drug-likeness (QED) is 0.906. The van der Waals surface area contributed by atoms with E-state index in [1.807, 2.05) is 32.8 Å². The molecule has 118 valence electrons. The molecular formula is C15H20N4O2S. The van der Waals surface area contributed by atoms with Gasteiger partial charge < -0.3 is 4.90 Å². The Kier molecular flexibility index (Phi) is 4.77. The largest absolute Gasteiger partial charge is 0.363 e. The molecule has 1 N–H and O–H groups in total. The molecule has 0 aliphatic carbocycles. The van der Waals surface area contributed by atoms with E-state index < -0.39 is 10.0 Å². The maximum absolute atomic E-state index is 12.3. The van der Waals surface area contributed by atoms with Crippen LogP contribution >= 0.6 is 0 Å². The lowest BCUT2D eigenvalue weighted by atomic mass is 10.1. The van der Waals surface area contributed by atoms with Gasteiger partial charge in [0.05, 0.1) is 11.4 Å². The van der Waals surface area contributed by atoms with Crippen LogP contribution in [0.1, 0.15) is 17.0 Å². The summed E-state index contributed by atoms with van der Waals surface area (Å²) in [5, 5.41) is 0. The second-order valence-corrected chi connectivity index (χ2v) is 7.06. The Balaban J connectivity index is 2.16. The molecule has 6 nitrogen and oxygen atoms in total. The van der Waals surface area contributed by atoms with Gasteiger partial charge in [-0.15, -0.1) is 0 Å². The van der Waals surface area contributed by atoms with Gasteiger partial charge in [0, 0.05) is 20.3 Å². The van der Waals surface area contributed by atoms with Crippen molar-refractivity contribution in [2.24, 2.45) is 0 Å². The van der Waals surface area contributed by atoms with E-state index >= 15 is 0 Å². The highest BCUT2D eigenvalue weighted by molar-refractivity contribution is 7.89. The number of nitrogens with zero attached hydrogens (tertiary/aromatic N) is 3. The van der Waals surface area contributed by atoms with Gasteiger partial charge in [-0.1, -0.05) is 6.07 Å². The van der Waals surface area contributed by atoms with Gasteiger partial charge in [0.25, 0.3) is 0 Å². The normalized spacial score (nSPS) is 11.5. The van der Waals surface area contributed by atoms with E-state index in [1.54, 1.807) is 30.5 Å². The fourth-order valence-electron chi connectivity index (χ4n) is 1.85. The standard InChI is InChI=1S/C15H20N4O2S/c1-11-5-6-13(9-12(11)2)22(20,21)17-10-14-16-8-7-15(18-14)19(3)4/h5-9,17H,10H2,1-4H3. The Hall–Kier alpha value is -1.99. The minimum absolute atomic E-state index is 0.0525. The first kappa shape index (κ1) is 16.4. The van der Waals surface area contributed by atoms with Gasteiger partial charge in [-0.2, -0.15) is 0 Å². The highest BCUT2D eigenvalue weighted by Gasteiger charge is 2.15. The molecule has 0 radical (unpaired) electrons. The van der Waals surface area contributed by atoms with E-state index in [9.17, 15) is 8.42 Å². The lowest BCUT2D eigenvalue weighted by molar-refractivity contribution is 0.579. The Morgan fingerprint density at radius 2 is 1.86 bits per heavy atom. The summed E-state index contributed by atoms with van der Waals surface area (Å²) < 4.78 is 27.2. The Morgan fingerprint density at radius 1 is 1.14 bits per heavy atom. The lowest BCUT2D eigenvalue weighted by Gasteiger charge is -2.12. The van der Waals surface area contributed by atoms with Gasteiger partial charge in [-0.05, 0) is 43.2 Å². The summed E-state index contributed by atoms with van der Waals surface area (Å²) in [5.41, 5.74) is 2.00. The van der Waals surface area contributed by atoms with Crippen LogP contribution in [0.5, 0.6) is 0 Å². The number of nitrogens with one attached hydrogen (secondary N) is 1. The third-order valence-corrected chi connectivity index (χ3v) is 4.76. The zero-order valence-corrected chi connectivity index (χ0v) is 14.0. The number of anilines is 1. The topological polar surface area (TPSA) is 75.2 Å². The van der Waals surface area contributed by atoms with E-state index in [1.165, 1.54) is 0 Å². The number of hydrogen-bond acceptors (Lipinski definition) is 5. The summed E-state index contributed by atoms with van der Waals surface area (Å²) in [6.45, 7) is 3.88. The minimum Gasteiger partial charge on any atom is -0.363 e. The van der Waals surface area contributed by atoms with E-state index in [0.29, 0.717) is 5.82 Å². The van der Waals surface area contributed by atoms with Crippen molar-refractivity contribution in [2.75, 3.05) is 19.0 Å². The fraction of sp³-hybridized carbons (Fsp3) is 0.333. The molecule has 7 heteroatoms. The number of hydrogen-bond donors (Lipinski definition) is 1. The third-order valence-electron chi connectivity index (χ3n) is 3.36. The zero-order valence-electron chi connectivity index (χ0n) is 13.2. The van der Waals surface area contributed by atoms with Crippen molar-refractivity contribution < 1.29 is 8.42 Å². The summed E-state index contributed by atoms with van der Waals surface area (Å²) in [6, 6.07) is 6.82. The van der Waals surface area contributed by atoms with Crippen LogP contribution in [0.25, 0.3) is 0 Å². The predicted octanol–water partition coefficient (Wildman–Crippen LogP) is 1.64. The number of aryl methyl sites for hydroxylation is 2. The van der Waals surface area contributed by atoms with Gasteiger partial charge in [0.2, 0.25) is 10.0 Å². The average Bonchev–Trinajstić information content (AvgIpc) is 2.48. The Bertz CT molecular complexity index is 773. The van der Waals surface area contributed by atoms with E-state index in [0.717, 1.165) is 16.9 Å². The molecule has 0 aliphatic rings. The van der Waals surface area contributed by atoms with Gasteiger partial charge in [-0.25, -0.2) is 23.1 Å². The van der Waals surface area contributed by atoms with Crippen LogP contribution < -0.4 is 9.62 Å². The van der Waals surface area contributed by atoms with Crippen molar-refractivity contribution in [3.05, 3.63) is 47.4 Å². The number of aromatic nitrogens is 2. The summed E-state index contributed by atoms with van der Waals surface area (Å²) in [5.74, 6) is 1.16. The smallest absolute Gasteiger partial charge is 0.240 e. The monoisotopic (exact) mass is 320 g/mol. The van der Waals surface area contributed by atoms with Crippen LogP contribution in [-0.2, 0) is 16.6 Å². The number of benzene rings is 1. The van der Waals surface area contributed by atoms with E-state index in [4.69, 9.17) is 0 Å². The van der Waals surface area contributed by atoms with Crippen LogP contribution in [0.2, 0.25) is 0 Å². The molecule has 1 aromatic carbocycles. The van der Waals surface area contributed by atoms with Crippen molar-refractivity contribution >= 4 is 15.8 Å². The molecule has 2 rings (SSSR count).